The standard InChI is InChI=1S/C11H10F3N3/c12-7-3-9(13)11(14)10(4-7)17-6-16-5-8(17)1-2-15/h3-6H,1-2,15H2. The molecule has 0 saturated heterocycles. The third-order valence-electron chi connectivity index (χ3n) is 2.35. The molecule has 6 heteroatoms. The van der Waals surface area contributed by atoms with Crippen molar-refractivity contribution in [1.82, 2.24) is 9.55 Å². The number of aromatic nitrogens is 2. The van der Waals surface area contributed by atoms with Gasteiger partial charge in [-0.1, -0.05) is 0 Å². The molecule has 3 nitrogen and oxygen atoms in total. The summed E-state index contributed by atoms with van der Waals surface area (Å²) in [7, 11) is 0. The first-order valence-electron chi connectivity index (χ1n) is 4.99. The van der Waals surface area contributed by atoms with Gasteiger partial charge in [0.05, 0.1) is 12.0 Å². The van der Waals surface area contributed by atoms with Gasteiger partial charge in [-0.05, 0) is 6.54 Å². The minimum absolute atomic E-state index is 0.205. The topological polar surface area (TPSA) is 43.8 Å². The molecule has 0 aliphatic carbocycles. The number of rotatable bonds is 3. The highest BCUT2D eigenvalue weighted by molar-refractivity contribution is 5.36. The maximum Gasteiger partial charge on any atom is 0.183 e. The summed E-state index contributed by atoms with van der Waals surface area (Å²) < 4.78 is 41.0. The lowest BCUT2D eigenvalue weighted by molar-refractivity contribution is 0.489. The lowest BCUT2D eigenvalue weighted by Gasteiger charge is -2.09. The number of benzene rings is 1. The minimum Gasteiger partial charge on any atom is -0.330 e. The monoisotopic (exact) mass is 241 g/mol. The van der Waals surface area contributed by atoms with Crippen LogP contribution in [0, 0.1) is 17.5 Å². The molecule has 2 rings (SSSR count). The van der Waals surface area contributed by atoms with Crippen molar-refractivity contribution in [2.75, 3.05) is 6.54 Å². The summed E-state index contributed by atoms with van der Waals surface area (Å²) in [6.07, 6.45) is 3.22. The molecule has 17 heavy (non-hydrogen) atoms. The van der Waals surface area contributed by atoms with Gasteiger partial charge in [0.2, 0.25) is 0 Å². The average molecular weight is 241 g/mol. The van der Waals surface area contributed by atoms with Crippen molar-refractivity contribution in [3.8, 4) is 5.69 Å². The van der Waals surface area contributed by atoms with Crippen LogP contribution in [0.2, 0.25) is 0 Å². The fourth-order valence-corrected chi connectivity index (χ4v) is 1.59. The van der Waals surface area contributed by atoms with E-state index in [1.807, 2.05) is 0 Å². The highest BCUT2D eigenvalue weighted by Gasteiger charge is 2.14. The van der Waals surface area contributed by atoms with Crippen molar-refractivity contribution in [2.45, 2.75) is 6.42 Å². The summed E-state index contributed by atoms with van der Waals surface area (Å²) in [6, 6.07) is 1.42. The van der Waals surface area contributed by atoms with Crippen LogP contribution in [0.3, 0.4) is 0 Å². The quantitative estimate of drug-likeness (QED) is 0.832. The summed E-state index contributed by atoms with van der Waals surface area (Å²) in [4.78, 5) is 3.81. The van der Waals surface area contributed by atoms with E-state index in [0.717, 1.165) is 6.07 Å². The number of hydrogen-bond donors (Lipinski definition) is 1. The van der Waals surface area contributed by atoms with Crippen molar-refractivity contribution in [3.63, 3.8) is 0 Å². The Balaban J connectivity index is 2.56. The Morgan fingerprint density at radius 2 is 2.00 bits per heavy atom. The Labute approximate surface area is 95.7 Å². The SMILES string of the molecule is NCCc1cncn1-c1cc(F)cc(F)c1F. The fraction of sp³-hybridized carbons (Fsp3) is 0.182. The fourth-order valence-electron chi connectivity index (χ4n) is 1.59. The highest BCUT2D eigenvalue weighted by atomic mass is 19.2. The summed E-state index contributed by atoms with van der Waals surface area (Å²) in [5, 5.41) is 0. The van der Waals surface area contributed by atoms with Crippen LogP contribution in [0.5, 0.6) is 0 Å². The van der Waals surface area contributed by atoms with Gasteiger partial charge < -0.3 is 10.3 Å². The molecule has 0 bridgehead atoms. The van der Waals surface area contributed by atoms with Gasteiger partial charge in [0.1, 0.15) is 5.82 Å². The molecule has 1 heterocycles. The molecule has 90 valence electrons. The second-order valence-corrected chi connectivity index (χ2v) is 3.51. The molecule has 0 spiro atoms. The van der Waals surface area contributed by atoms with E-state index in [0.29, 0.717) is 24.7 Å². The molecule has 2 N–H and O–H groups in total. The molecule has 0 radical (unpaired) electrons. The summed E-state index contributed by atoms with van der Waals surface area (Å²) in [5.74, 6) is -3.18. The van der Waals surface area contributed by atoms with E-state index in [1.54, 1.807) is 0 Å². The molecule has 0 atom stereocenters. The zero-order chi connectivity index (χ0) is 12.4. The minimum atomic E-state index is -1.23. The van der Waals surface area contributed by atoms with Crippen LogP contribution in [-0.4, -0.2) is 16.1 Å². The van der Waals surface area contributed by atoms with E-state index in [4.69, 9.17) is 5.73 Å². The molecule has 2 aromatic rings. The largest absolute Gasteiger partial charge is 0.330 e. The Hall–Kier alpha value is -1.82. The Bertz CT molecular complexity index is 537. The van der Waals surface area contributed by atoms with E-state index in [-0.39, 0.29) is 5.69 Å². The van der Waals surface area contributed by atoms with Gasteiger partial charge in [0, 0.05) is 30.4 Å². The molecule has 1 aromatic carbocycles. The highest BCUT2D eigenvalue weighted by Crippen LogP contribution is 2.20. The molecule has 0 unspecified atom stereocenters. The van der Waals surface area contributed by atoms with Crippen molar-refractivity contribution in [2.24, 2.45) is 5.73 Å². The third kappa shape index (κ3) is 2.16. The van der Waals surface area contributed by atoms with Crippen molar-refractivity contribution < 1.29 is 13.2 Å². The van der Waals surface area contributed by atoms with Gasteiger partial charge in [0.25, 0.3) is 0 Å². The van der Waals surface area contributed by atoms with Gasteiger partial charge in [-0.25, -0.2) is 18.2 Å². The van der Waals surface area contributed by atoms with Gasteiger partial charge in [-0.2, -0.15) is 0 Å². The molecule has 0 aliphatic heterocycles. The third-order valence-corrected chi connectivity index (χ3v) is 2.35. The second-order valence-electron chi connectivity index (χ2n) is 3.51. The van der Waals surface area contributed by atoms with Crippen LogP contribution in [-0.2, 0) is 6.42 Å². The molecular formula is C11H10F3N3. The van der Waals surface area contributed by atoms with Crippen LogP contribution in [0.4, 0.5) is 13.2 Å². The van der Waals surface area contributed by atoms with Crippen LogP contribution >= 0.6 is 0 Å². The van der Waals surface area contributed by atoms with E-state index >= 15 is 0 Å². The maximum atomic E-state index is 13.5. The average Bonchev–Trinajstić information content (AvgIpc) is 2.72. The zero-order valence-electron chi connectivity index (χ0n) is 8.83. The van der Waals surface area contributed by atoms with Crippen LogP contribution < -0.4 is 5.73 Å². The first-order chi connectivity index (χ1) is 8.13. The molecular weight excluding hydrogens is 231 g/mol. The lowest BCUT2D eigenvalue weighted by Crippen LogP contribution is -2.09. The first-order valence-corrected chi connectivity index (χ1v) is 4.99. The van der Waals surface area contributed by atoms with E-state index in [2.05, 4.69) is 4.98 Å². The van der Waals surface area contributed by atoms with Gasteiger partial charge in [0.15, 0.2) is 11.6 Å². The molecule has 0 saturated carbocycles. The van der Waals surface area contributed by atoms with Crippen LogP contribution in [0.1, 0.15) is 5.69 Å². The Morgan fingerprint density at radius 3 is 2.71 bits per heavy atom. The van der Waals surface area contributed by atoms with Crippen molar-refractivity contribution in [3.05, 3.63) is 47.8 Å². The predicted octanol–water partition coefficient (Wildman–Crippen LogP) is 1.79. The summed E-state index contributed by atoms with van der Waals surface area (Å²) >= 11 is 0. The van der Waals surface area contributed by atoms with Crippen LogP contribution in [0.15, 0.2) is 24.7 Å². The molecule has 0 amide bonds. The maximum absolute atomic E-state index is 13.5. The Kier molecular flexibility index (Phi) is 3.14. The van der Waals surface area contributed by atoms with E-state index in [9.17, 15) is 13.2 Å². The predicted molar refractivity (Wildman–Crippen MR) is 56.2 cm³/mol. The summed E-state index contributed by atoms with van der Waals surface area (Å²) in [5.41, 5.74) is 5.77. The number of halogens is 3. The zero-order valence-corrected chi connectivity index (χ0v) is 8.83. The van der Waals surface area contributed by atoms with E-state index < -0.39 is 17.5 Å². The van der Waals surface area contributed by atoms with E-state index in [1.165, 1.54) is 17.1 Å². The number of imidazole rings is 1. The van der Waals surface area contributed by atoms with Crippen molar-refractivity contribution >= 4 is 0 Å². The Morgan fingerprint density at radius 1 is 1.24 bits per heavy atom. The normalized spacial score (nSPS) is 10.8. The molecule has 1 aromatic heterocycles. The van der Waals surface area contributed by atoms with Crippen molar-refractivity contribution in [1.29, 1.82) is 0 Å². The first kappa shape index (κ1) is 11.7. The smallest absolute Gasteiger partial charge is 0.183 e. The summed E-state index contributed by atoms with van der Waals surface area (Å²) in [6.45, 7) is 0.338. The molecule has 0 aliphatic rings. The van der Waals surface area contributed by atoms with Gasteiger partial charge in [-0.15, -0.1) is 0 Å². The lowest BCUT2D eigenvalue weighted by atomic mass is 10.2. The number of nitrogens with zero attached hydrogens (tertiary/aromatic N) is 2. The molecule has 0 fully saturated rings. The number of hydrogen-bond acceptors (Lipinski definition) is 2. The second kappa shape index (κ2) is 4.58. The van der Waals surface area contributed by atoms with Gasteiger partial charge in [-0.3, -0.25) is 0 Å². The number of nitrogens with two attached hydrogens (primary N) is 1. The van der Waals surface area contributed by atoms with Crippen LogP contribution in [0.25, 0.3) is 5.69 Å². The van der Waals surface area contributed by atoms with Gasteiger partial charge >= 0.3 is 0 Å².